The van der Waals surface area contributed by atoms with Crippen LogP contribution in [0.2, 0.25) is 0 Å². The minimum atomic E-state index is -0.0188. The van der Waals surface area contributed by atoms with E-state index in [-0.39, 0.29) is 5.41 Å². The number of aromatic nitrogens is 2. The first-order valence-electron chi connectivity index (χ1n) is 38.3. The number of hydrogen-bond acceptors (Lipinski definition) is 4. The summed E-state index contributed by atoms with van der Waals surface area (Å²) in [6, 6.07) is 120. The van der Waals surface area contributed by atoms with Crippen molar-refractivity contribution in [3.63, 3.8) is 0 Å². The van der Waals surface area contributed by atoms with Gasteiger partial charge in [-0.05, 0) is 208 Å². The van der Waals surface area contributed by atoms with Crippen LogP contribution in [0.3, 0.4) is 0 Å². The van der Waals surface area contributed by atoms with E-state index in [1.54, 1.807) is 0 Å². The van der Waals surface area contributed by atoms with Gasteiger partial charge in [0.25, 0.3) is 0 Å². The molecule has 0 N–H and O–H groups in total. The van der Waals surface area contributed by atoms with Gasteiger partial charge in [-0.25, -0.2) is 0 Å². The number of nitrogens with zero attached hydrogens (tertiary/aromatic N) is 2. The minimum Gasteiger partial charge on any atom is -0.456 e. The maximum atomic E-state index is 6.45. The Bertz CT molecular complexity index is 8350. The molecule has 4 aliphatic rings. The van der Waals surface area contributed by atoms with Crippen LogP contribution in [0, 0.1) is 0 Å². The van der Waals surface area contributed by atoms with E-state index < -0.39 is 0 Å². The van der Waals surface area contributed by atoms with Gasteiger partial charge in [0.2, 0.25) is 0 Å². The van der Waals surface area contributed by atoms with E-state index in [9.17, 15) is 0 Å². The van der Waals surface area contributed by atoms with Crippen molar-refractivity contribution in [2.24, 2.45) is 0 Å². The van der Waals surface area contributed by atoms with Crippen LogP contribution >= 0.6 is 22.7 Å². The fraction of sp³-hybridized carbons (Fsp3) is 0.0286. The Hall–Kier alpha value is -13.6. The summed E-state index contributed by atoms with van der Waals surface area (Å²) in [5.74, 6) is 0. The Kier molecular flexibility index (Phi) is 11.9. The molecule has 0 saturated heterocycles. The van der Waals surface area contributed by atoms with Crippen LogP contribution in [0.4, 0.5) is 0 Å². The molecular formula is C105H60N2O2S2. The first-order chi connectivity index (χ1) is 54.8. The van der Waals surface area contributed by atoms with Crippen LogP contribution in [-0.2, 0) is 5.41 Å². The second-order valence-corrected chi connectivity index (χ2v) is 33.3. The molecule has 6 aromatic heterocycles. The molecule has 0 radical (unpaired) electrons. The standard InChI is InChI=1S/C37H25N.C34H17NS2.C34H18O2/c1-37(2)28-15-7-13-26-27-14-8-16-30-34(27)36-31(20-18-23-17-19-29(37)35(32(23)36)33(26)28)38(30)25-12-6-11-24(21-25)22-9-4-3-5-10-22;1-2-9-26-20(5-1)23-17-19(13-16-27(23)36-26)35-24-8-3-6-21-22-7-4-10-28-32(22)34-29(37-28)15-12-18-11-14-25(35)33(30(18)34)31(21)24;1-2-6-19(7-3-1)21-8-4-9-22(18-21)23-14-17-28-34-30(23)24-10-5-11-25-31(24)32-26(35-25)15-12-20-13-16-27(36-28)33(34)29(20)32/h3-21H,1-2H3;1-17H;1-18H. The molecule has 514 valence electrons. The van der Waals surface area contributed by atoms with Crippen molar-refractivity contribution in [3.8, 4) is 89.3 Å². The van der Waals surface area contributed by atoms with Crippen LogP contribution in [0.15, 0.2) is 336 Å². The summed E-state index contributed by atoms with van der Waals surface area (Å²) >= 11 is 3.80. The quantitative estimate of drug-likeness (QED) is 0.172. The first-order valence-corrected chi connectivity index (χ1v) is 40.0. The Morgan fingerprint density at radius 1 is 0.234 bits per heavy atom. The van der Waals surface area contributed by atoms with E-state index in [4.69, 9.17) is 8.83 Å². The highest BCUT2D eigenvalue weighted by Gasteiger charge is 2.41. The number of thiophene rings is 2. The molecular weight excluding hydrogens is 1390 g/mol. The molecule has 0 aliphatic heterocycles. The van der Waals surface area contributed by atoms with Crippen LogP contribution in [0.25, 0.3) is 249 Å². The topological polar surface area (TPSA) is 36.1 Å². The van der Waals surface area contributed by atoms with Crippen LogP contribution in [0.5, 0.6) is 0 Å². The molecule has 0 amide bonds. The summed E-state index contributed by atoms with van der Waals surface area (Å²) in [6.07, 6.45) is 0. The highest BCUT2D eigenvalue weighted by atomic mass is 32.1. The molecule has 0 unspecified atom stereocenters. The van der Waals surface area contributed by atoms with Gasteiger partial charge in [-0.15, -0.1) is 22.7 Å². The van der Waals surface area contributed by atoms with Gasteiger partial charge in [-0.1, -0.05) is 238 Å². The Morgan fingerprint density at radius 3 is 1.48 bits per heavy atom. The second kappa shape index (κ2) is 21.8. The summed E-state index contributed by atoms with van der Waals surface area (Å²) in [7, 11) is 0. The third-order valence-corrected chi connectivity index (χ3v) is 27.5. The largest absolute Gasteiger partial charge is 0.456 e. The van der Waals surface area contributed by atoms with Crippen molar-refractivity contribution in [2.75, 3.05) is 0 Å². The lowest BCUT2D eigenvalue weighted by molar-refractivity contribution is 0.661. The molecule has 6 heteroatoms. The fourth-order valence-corrected chi connectivity index (χ4v) is 22.8. The summed E-state index contributed by atoms with van der Waals surface area (Å²) < 4.78 is 23.2. The van der Waals surface area contributed by atoms with Crippen molar-refractivity contribution in [1.29, 1.82) is 0 Å². The predicted molar refractivity (Wildman–Crippen MR) is 472 cm³/mol. The molecule has 0 fully saturated rings. The molecule has 4 aliphatic carbocycles. The van der Waals surface area contributed by atoms with Gasteiger partial charge in [-0.3, -0.25) is 0 Å². The SMILES string of the molecule is CC1(C)c2cccc3c2-c2c1ccc1ccc4c(c21)c1c-3cccc1n4-c1cccc(-c2ccccc2)c1.c1ccc(-c2cccc(-c3ccc4oc5ccc6ccc7oc8cccc9c8c7c6c5c4c3-9)c2)cc1.c1ccc2c(c1)sc1ccc(-n3c4cccc5c4c4c6c(ccc7sc8cccc-5c8c76)ccc43)cc12. The molecule has 0 saturated carbocycles. The van der Waals surface area contributed by atoms with Crippen molar-refractivity contribution < 1.29 is 8.83 Å². The maximum Gasteiger partial charge on any atom is 0.136 e. The lowest BCUT2D eigenvalue weighted by Crippen LogP contribution is -2.14. The Labute approximate surface area is 643 Å². The van der Waals surface area contributed by atoms with Crippen LogP contribution in [-0.4, -0.2) is 9.13 Å². The molecule has 28 rings (SSSR count). The van der Waals surface area contributed by atoms with Crippen molar-refractivity contribution >= 4 is 183 Å². The highest BCUT2D eigenvalue weighted by molar-refractivity contribution is 7.26. The van der Waals surface area contributed by atoms with Crippen molar-refractivity contribution in [3.05, 3.63) is 339 Å². The van der Waals surface area contributed by atoms with Crippen LogP contribution < -0.4 is 0 Å². The van der Waals surface area contributed by atoms with E-state index in [2.05, 4.69) is 351 Å². The van der Waals surface area contributed by atoms with Gasteiger partial charge >= 0.3 is 0 Å². The summed E-state index contributed by atoms with van der Waals surface area (Å²) in [6.45, 7) is 4.77. The summed E-state index contributed by atoms with van der Waals surface area (Å²) in [5.41, 5.74) is 32.1. The average Bonchev–Trinajstić information content (AvgIpc) is 1.52. The molecule has 0 atom stereocenters. The minimum absolute atomic E-state index is 0.0188. The van der Waals surface area contributed by atoms with Crippen molar-refractivity contribution in [2.45, 2.75) is 19.3 Å². The molecule has 24 aromatic rings. The van der Waals surface area contributed by atoms with E-state index in [0.717, 1.165) is 22.3 Å². The van der Waals surface area contributed by atoms with E-state index in [1.807, 2.05) is 22.7 Å². The highest BCUT2D eigenvalue weighted by Crippen LogP contribution is 2.61. The van der Waals surface area contributed by atoms with Crippen LogP contribution in [0.1, 0.15) is 25.0 Å². The molecule has 111 heavy (non-hydrogen) atoms. The maximum absolute atomic E-state index is 6.45. The molecule has 18 aromatic carbocycles. The summed E-state index contributed by atoms with van der Waals surface area (Å²) in [5, 5.41) is 23.7. The lowest BCUT2D eigenvalue weighted by atomic mass is 9.81. The van der Waals surface area contributed by atoms with E-state index >= 15 is 0 Å². The second-order valence-electron chi connectivity index (χ2n) is 31.1. The smallest absolute Gasteiger partial charge is 0.136 e. The van der Waals surface area contributed by atoms with Gasteiger partial charge < -0.3 is 18.0 Å². The molecule has 0 spiro atoms. The Morgan fingerprint density at radius 2 is 0.712 bits per heavy atom. The third-order valence-electron chi connectivity index (χ3n) is 25.2. The average molecular weight is 1450 g/mol. The zero-order chi connectivity index (χ0) is 72.4. The van der Waals surface area contributed by atoms with E-state index in [1.165, 1.54) is 238 Å². The normalized spacial score (nSPS) is 13.2. The zero-order valence-electron chi connectivity index (χ0n) is 60.2. The molecule has 6 heterocycles. The zero-order valence-corrected chi connectivity index (χ0v) is 61.8. The third kappa shape index (κ3) is 8.01. The number of furan rings is 2. The van der Waals surface area contributed by atoms with Gasteiger partial charge in [-0.2, -0.15) is 0 Å². The number of fused-ring (bicyclic) bond motifs is 6. The van der Waals surface area contributed by atoms with Gasteiger partial charge in [0.05, 0.1) is 22.1 Å². The molecule has 4 nitrogen and oxygen atoms in total. The Balaban J connectivity index is 0.0000000926. The van der Waals surface area contributed by atoms with E-state index in [0.29, 0.717) is 0 Å². The number of hydrogen-bond donors (Lipinski definition) is 0. The fourth-order valence-electron chi connectivity index (χ4n) is 20.6. The number of benzene rings is 18. The lowest BCUT2D eigenvalue weighted by Gasteiger charge is -2.22. The van der Waals surface area contributed by atoms with Gasteiger partial charge in [0.15, 0.2) is 0 Å². The van der Waals surface area contributed by atoms with Gasteiger partial charge in [0, 0.05) is 117 Å². The predicted octanol–water partition coefficient (Wildman–Crippen LogP) is 30.5. The van der Waals surface area contributed by atoms with Crippen molar-refractivity contribution in [1.82, 2.24) is 9.13 Å². The molecule has 0 bridgehead atoms. The van der Waals surface area contributed by atoms with Gasteiger partial charge in [0.1, 0.15) is 22.3 Å². The first kappa shape index (κ1) is 60.4. The monoisotopic (exact) mass is 1440 g/mol. The number of rotatable bonds is 5. The summed E-state index contributed by atoms with van der Waals surface area (Å²) in [4.78, 5) is 0.